The molecule has 202 valence electrons. The molecule has 4 aromatic carbocycles. The second kappa shape index (κ2) is 9.78. The molecule has 1 aromatic heterocycles. The predicted molar refractivity (Wildman–Crippen MR) is 158 cm³/mol. The number of para-hydroxylation sites is 1. The Labute approximate surface area is 237 Å². The molecule has 0 saturated carbocycles. The number of anilines is 1. The van der Waals surface area contributed by atoms with Gasteiger partial charge in [0.2, 0.25) is 0 Å². The van der Waals surface area contributed by atoms with Crippen molar-refractivity contribution >= 4 is 34.4 Å². The molecule has 0 aliphatic carbocycles. The minimum Gasteiger partial charge on any atom is -0.356 e. The summed E-state index contributed by atoms with van der Waals surface area (Å²) < 4.78 is 0. The zero-order valence-corrected chi connectivity index (χ0v) is 22.5. The molecule has 2 atom stereocenters. The van der Waals surface area contributed by atoms with Crippen LogP contribution in [0.2, 0.25) is 0 Å². The largest absolute Gasteiger partial charge is 0.356 e. The zero-order valence-electron chi connectivity index (χ0n) is 22.5. The Bertz CT molecular complexity index is 1790. The molecule has 0 radical (unpaired) electrons. The number of carbonyl (C=O) groups excluding carboxylic acids is 3. The van der Waals surface area contributed by atoms with E-state index in [1.165, 1.54) is 4.90 Å². The molecule has 0 spiro atoms. The fourth-order valence-electron chi connectivity index (χ4n) is 6.05. The van der Waals surface area contributed by atoms with Crippen molar-refractivity contribution in [3.05, 3.63) is 137 Å². The summed E-state index contributed by atoms with van der Waals surface area (Å²) in [5.74, 6) is -0.481. The molecule has 7 rings (SSSR count). The molecular formula is C34H28N4O3. The van der Waals surface area contributed by atoms with E-state index in [0.717, 1.165) is 38.9 Å². The first-order chi connectivity index (χ1) is 20.0. The van der Waals surface area contributed by atoms with Gasteiger partial charge in [0, 0.05) is 35.1 Å². The highest BCUT2D eigenvalue weighted by Gasteiger charge is 2.53. The number of imide groups is 1. The summed E-state index contributed by atoms with van der Waals surface area (Å²) in [6, 6.07) is 31.1. The van der Waals surface area contributed by atoms with Crippen molar-refractivity contribution in [3.63, 3.8) is 0 Å². The van der Waals surface area contributed by atoms with E-state index in [9.17, 15) is 14.4 Å². The van der Waals surface area contributed by atoms with Gasteiger partial charge in [-0.3, -0.25) is 14.5 Å². The number of aromatic nitrogens is 1. The minimum absolute atomic E-state index is 0.221. The van der Waals surface area contributed by atoms with Crippen molar-refractivity contribution in [3.8, 4) is 0 Å². The fourth-order valence-corrected chi connectivity index (χ4v) is 6.05. The van der Waals surface area contributed by atoms with E-state index in [2.05, 4.69) is 16.4 Å². The number of rotatable bonds is 5. The van der Waals surface area contributed by atoms with E-state index in [1.54, 1.807) is 29.2 Å². The summed E-state index contributed by atoms with van der Waals surface area (Å²) in [4.78, 5) is 47.2. The van der Waals surface area contributed by atoms with Gasteiger partial charge in [-0.2, -0.15) is 0 Å². The molecule has 7 heteroatoms. The molecule has 3 heterocycles. The first-order valence-corrected chi connectivity index (χ1v) is 13.7. The number of nitrogens with one attached hydrogen (secondary N) is 2. The van der Waals surface area contributed by atoms with Gasteiger partial charge in [0.1, 0.15) is 12.1 Å². The lowest BCUT2D eigenvalue weighted by molar-refractivity contribution is -0.120. The third-order valence-corrected chi connectivity index (χ3v) is 8.13. The lowest BCUT2D eigenvalue weighted by Crippen LogP contribution is -2.44. The quantitative estimate of drug-likeness (QED) is 0.273. The van der Waals surface area contributed by atoms with Crippen LogP contribution in [0.3, 0.4) is 0 Å². The molecule has 5 aromatic rings. The standard InChI is InChI=1S/C34H28N4O3/c1-21-11-13-23(14-12-21)31-30-27(26-9-5-6-10-28(26)36-30)19-29-33(40)37(34(41)38(29)31)25-17-15-24(16-18-25)32(39)35-20-22-7-3-2-4-8-22/h2-18,29,31,36H,19-20H2,1H3,(H,35,39)/t29-,31?/m0/s1. The van der Waals surface area contributed by atoms with Gasteiger partial charge in [-0.05, 0) is 53.9 Å². The van der Waals surface area contributed by atoms with Crippen molar-refractivity contribution in [2.75, 3.05) is 4.90 Å². The Kier molecular flexibility index (Phi) is 5.93. The second-order valence-corrected chi connectivity index (χ2v) is 10.7. The van der Waals surface area contributed by atoms with E-state index in [4.69, 9.17) is 0 Å². The number of aryl methyl sites for hydroxylation is 1. The number of nitrogens with zero attached hydrogens (tertiary/aromatic N) is 2. The summed E-state index contributed by atoms with van der Waals surface area (Å²) in [5, 5.41) is 3.99. The molecule has 2 aliphatic heterocycles. The van der Waals surface area contributed by atoms with Crippen molar-refractivity contribution in [1.82, 2.24) is 15.2 Å². The Hall–Kier alpha value is -5.17. The van der Waals surface area contributed by atoms with E-state index in [-0.39, 0.29) is 17.8 Å². The number of hydrogen-bond acceptors (Lipinski definition) is 3. The number of urea groups is 1. The van der Waals surface area contributed by atoms with Crippen LogP contribution >= 0.6 is 0 Å². The molecule has 2 aliphatic rings. The molecule has 0 bridgehead atoms. The Morgan fingerprint density at radius 2 is 1.59 bits per heavy atom. The SMILES string of the molecule is Cc1ccc(C2c3[nH]c4ccccc4c3C[C@H]3C(=O)N(c4ccc(C(=O)NCc5ccccc5)cc4)C(=O)N23)cc1. The van der Waals surface area contributed by atoms with Gasteiger partial charge in [-0.1, -0.05) is 78.4 Å². The number of benzene rings is 4. The number of amides is 4. The van der Waals surface area contributed by atoms with Crippen LogP contribution in [0, 0.1) is 6.92 Å². The van der Waals surface area contributed by atoms with Crippen LogP contribution in [0.1, 0.15) is 44.3 Å². The molecule has 41 heavy (non-hydrogen) atoms. The van der Waals surface area contributed by atoms with Gasteiger partial charge in [-0.15, -0.1) is 0 Å². The van der Waals surface area contributed by atoms with Crippen LogP contribution in [-0.2, 0) is 17.8 Å². The summed E-state index contributed by atoms with van der Waals surface area (Å²) in [5.41, 5.74) is 6.99. The molecule has 4 amide bonds. The molecule has 1 unspecified atom stereocenters. The summed E-state index contributed by atoms with van der Waals surface area (Å²) in [6.45, 7) is 2.44. The van der Waals surface area contributed by atoms with E-state index >= 15 is 0 Å². The van der Waals surface area contributed by atoms with Crippen LogP contribution in [-0.4, -0.2) is 33.8 Å². The number of carbonyl (C=O) groups is 3. The van der Waals surface area contributed by atoms with Gasteiger partial charge >= 0.3 is 6.03 Å². The van der Waals surface area contributed by atoms with Crippen LogP contribution in [0.25, 0.3) is 10.9 Å². The highest BCUT2D eigenvalue weighted by atomic mass is 16.2. The summed E-state index contributed by atoms with van der Waals surface area (Å²) >= 11 is 0. The van der Waals surface area contributed by atoms with Gasteiger partial charge < -0.3 is 10.3 Å². The molecule has 2 N–H and O–H groups in total. The summed E-state index contributed by atoms with van der Waals surface area (Å²) in [7, 11) is 0. The minimum atomic E-state index is -0.630. The molecular weight excluding hydrogens is 512 g/mol. The monoisotopic (exact) mass is 540 g/mol. The number of hydrogen-bond donors (Lipinski definition) is 2. The molecule has 1 saturated heterocycles. The maximum atomic E-state index is 14.0. The van der Waals surface area contributed by atoms with Crippen LogP contribution in [0.4, 0.5) is 10.5 Å². The van der Waals surface area contributed by atoms with E-state index in [1.807, 2.05) is 79.7 Å². The lowest BCUT2D eigenvalue weighted by atomic mass is 9.88. The molecule has 7 nitrogen and oxygen atoms in total. The summed E-state index contributed by atoms with van der Waals surface area (Å²) in [6.07, 6.45) is 0.433. The van der Waals surface area contributed by atoms with Crippen molar-refractivity contribution in [1.29, 1.82) is 0 Å². The van der Waals surface area contributed by atoms with Crippen molar-refractivity contribution in [2.45, 2.75) is 32.0 Å². The topological polar surface area (TPSA) is 85.5 Å². The van der Waals surface area contributed by atoms with Crippen molar-refractivity contribution < 1.29 is 14.4 Å². The van der Waals surface area contributed by atoms with Gasteiger partial charge in [-0.25, -0.2) is 9.69 Å². The van der Waals surface area contributed by atoms with E-state index < -0.39 is 12.1 Å². The predicted octanol–water partition coefficient (Wildman–Crippen LogP) is 5.89. The highest BCUT2D eigenvalue weighted by molar-refractivity contribution is 6.22. The van der Waals surface area contributed by atoms with E-state index in [0.29, 0.717) is 24.2 Å². The zero-order chi connectivity index (χ0) is 28.1. The van der Waals surface area contributed by atoms with Gasteiger partial charge in [0.15, 0.2) is 0 Å². The fraction of sp³-hybridized carbons (Fsp3) is 0.147. The highest BCUT2D eigenvalue weighted by Crippen LogP contribution is 2.44. The lowest BCUT2D eigenvalue weighted by Gasteiger charge is -2.36. The van der Waals surface area contributed by atoms with Gasteiger partial charge in [0.25, 0.3) is 11.8 Å². The number of H-pyrrole nitrogens is 1. The maximum Gasteiger partial charge on any atom is 0.332 e. The average Bonchev–Trinajstić information content (AvgIpc) is 3.50. The third kappa shape index (κ3) is 4.17. The van der Waals surface area contributed by atoms with Crippen LogP contribution < -0.4 is 10.2 Å². The Balaban J connectivity index is 1.20. The van der Waals surface area contributed by atoms with Gasteiger partial charge in [0.05, 0.1) is 5.69 Å². The van der Waals surface area contributed by atoms with Crippen molar-refractivity contribution in [2.24, 2.45) is 0 Å². The number of fused-ring (bicyclic) bond motifs is 4. The Morgan fingerprint density at radius 3 is 2.34 bits per heavy atom. The third-order valence-electron chi connectivity index (χ3n) is 8.13. The second-order valence-electron chi connectivity index (χ2n) is 10.7. The first-order valence-electron chi connectivity index (χ1n) is 13.7. The Morgan fingerprint density at radius 1 is 0.878 bits per heavy atom. The average molecular weight is 541 g/mol. The number of aromatic amines is 1. The normalized spacial score (nSPS) is 18.0. The maximum absolute atomic E-state index is 14.0. The first kappa shape index (κ1) is 24.8. The van der Waals surface area contributed by atoms with Crippen LogP contribution in [0.15, 0.2) is 103 Å². The smallest absolute Gasteiger partial charge is 0.332 e. The van der Waals surface area contributed by atoms with Crippen LogP contribution in [0.5, 0.6) is 0 Å². The molecule has 1 fully saturated rings.